The van der Waals surface area contributed by atoms with Gasteiger partial charge in [0.2, 0.25) is 0 Å². The Labute approximate surface area is 65.1 Å². The third-order valence-electron chi connectivity index (χ3n) is 0.960. The quantitative estimate of drug-likeness (QED) is 0.401. The summed E-state index contributed by atoms with van der Waals surface area (Å²) in [7, 11) is -4.26. The highest BCUT2D eigenvalue weighted by atomic mass is 79.9. The molecule has 0 aromatic carbocycles. The Hall–Kier alpha value is -0.0300. The third kappa shape index (κ3) is 1.20. The van der Waals surface area contributed by atoms with Crippen molar-refractivity contribution in [2.24, 2.45) is 10.2 Å². The van der Waals surface area contributed by atoms with Gasteiger partial charge in [-0.25, -0.2) is 0 Å². The van der Waals surface area contributed by atoms with Gasteiger partial charge < -0.3 is 9.79 Å². The lowest BCUT2D eigenvalue weighted by Gasteiger charge is -2.14. The summed E-state index contributed by atoms with van der Waals surface area (Å²) in [6.45, 7) is 0. The van der Waals surface area contributed by atoms with E-state index in [4.69, 9.17) is 9.79 Å². The minimum atomic E-state index is -4.26. The summed E-state index contributed by atoms with van der Waals surface area (Å²) in [6, 6.07) is 0. The Balaban J connectivity index is 3.02. The van der Waals surface area contributed by atoms with Crippen LogP contribution >= 0.6 is 23.5 Å². The number of hydrogen-bond donors (Lipinski definition) is 2. The summed E-state index contributed by atoms with van der Waals surface area (Å²) >= 11 is 2.76. The summed E-state index contributed by atoms with van der Waals surface area (Å²) in [5.41, 5.74) is 0. The molecule has 5 nitrogen and oxygen atoms in total. The molecule has 0 saturated carbocycles. The van der Waals surface area contributed by atoms with Crippen molar-refractivity contribution in [2.45, 2.75) is 4.19 Å². The van der Waals surface area contributed by atoms with Crippen LogP contribution in [0.5, 0.6) is 0 Å². The molecule has 1 unspecified atom stereocenters. The van der Waals surface area contributed by atoms with Crippen LogP contribution in [0.3, 0.4) is 0 Å². The van der Waals surface area contributed by atoms with Gasteiger partial charge in [-0.1, -0.05) is 0 Å². The standard InChI is InChI=1S/C3H4BrN2O3P/c4-3(10(7,8)9)1-2-5-6-3/h1-2H,(H2,7,8,9). The Morgan fingerprint density at radius 2 is 2.20 bits per heavy atom. The van der Waals surface area contributed by atoms with Crippen LogP contribution in [-0.4, -0.2) is 14.0 Å². The first kappa shape index (κ1) is 8.07. The number of nitrogens with zero attached hydrogens (tertiary/aromatic N) is 2. The fourth-order valence-corrected chi connectivity index (χ4v) is 1.07. The van der Waals surface area contributed by atoms with E-state index in [0.29, 0.717) is 0 Å². The van der Waals surface area contributed by atoms with Crippen molar-refractivity contribution >= 4 is 23.5 Å². The zero-order valence-electron chi connectivity index (χ0n) is 4.68. The lowest BCUT2D eigenvalue weighted by atomic mass is 10.6. The van der Waals surface area contributed by atoms with E-state index in [1.54, 1.807) is 0 Å². The van der Waals surface area contributed by atoms with Gasteiger partial charge in [-0.05, 0) is 22.0 Å². The van der Waals surface area contributed by atoms with Gasteiger partial charge in [0.25, 0.3) is 4.19 Å². The van der Waals surface area contributed by atoms with Gasteiger partial charge in [-0.2, -0.15) is 10.2 Å². The van der Waals surface area contributed by atoms with E-state index in [1.165, 1.54) is 12.3 Å². The smallest absolute Gasteiger partial charge is 0.322 e. The van der Waals surface area contributed by atoms with Crippen LogP contribution in [0.25, 0.3) is 0 Å². The molecular formula is C3H4BrN2O3P. The van der Waals surface area contributed by atoms with E-state index < -0.39 is 11.8 Å². The molecule has 1 aliphatic heterocycles. The summed E-state index contributed by atoms with van der Waals surface area (Å²) in [5.74, 6) is 0. The van der Waals surface area contributed by atoms with Crippen LogP contribution in [0.1, 0.15) is 0 Å². The van der Waals surface area contributed by atoms with Crippen LogP contribution in [0.2, 0.25) is 0 Å². The molecule has 1 heterocycles. The van der Waals surface area contributed by atoms with Gasteiger partial charge in [0.05, 0.1) is 0 Å². The topological polar surface area (TPSA) is 82.2 Å². The summed E-state index contributed by atoms with van der Waals surface area (Å²) in [5, 5.41) is 6.61. The first-order valence-electron chi connectivity index (χ1n) is 2.30. The maximum atomic E-state index is 10.6. The van der Waals surface area contributed by atoms with Crippen LogP contribution in [0, 0.1) is 0 Å². The Kier molecular flexibility index (Phi) is 1.80. The van der Waals surface area contributed by atoms with E-state index in [0.717, 1.165) is 0 Å². The van der Waals surface area contributed by atoms with Gasteiger partial charge >= 0.3 is 7.60 Å². The second-order valence-electron chi connectivity index (χ2n) is 1.71. The third-order valence-corrected chi connectivity index (χ3v) is 3.82. The molecule has 0 spiro atoms. The lowest BCUT2D eigenvalue weighted by Crippen LogP contribution is -2.10. The first-order valence-corrected chi connectivity index (χ1v) is 4.70. The van der Waals surface area contributed by atoms with Crippen molar-refractivity contribution in [3.05, 3.63) is 12.3 Å². The Bertz CT molecular complexity index is 232. The van der Waals surface area contributed by atoms with Crippen molar-refractivity contribution in [1.29, 1.82) is 0 Å². The molecule has 7 heteroatoms. The molecule has 0 bridgehead atoms. The van der Waals surface area contributed by atoms with Crippen molar-refractivity contribution in [3.63, 3.8) is 0 Å². The molecule has 0 aromatic heterocycles. The minimum absolute atomic E-state index is 1.20. The number of hydrogen-bond acceptors (Lipinski definition) is 3. The molecule has 2 N–H and O–H groups in total. The number of rotatable bonds is 1. The second-order valence-corrected chi connectivity index (χ2v) is 5.30. The zero-order chi connectivity index (χ0) is 7.83. The van der Waals surface area contributed by atoms with Crippen molar-refractivity contribution in [3.8, 4) is 0 Å². The summed E-state index contributed by atoms with van der Waals surface area (Å²) in [6.07, 6.45) is 2.43. The van der Waals surface area contributed by atoms with E-state index in [-0.39, 0.29) is 0 Å². The maximum Gasteiger partial charge on any atom is 0.369 e. The monoisotopic (exact) mass is 226 g/mol. The molecule has 56 valence electrons. The number of azo groups is 1. The largest absolute Gasteiger partial charge is 0.369 e. The van der Waals surface area contributed by atoms with Crippen LogP contribution in [0.4, 0.5) is 0 Å². The molecule has 0 aromatic rings. The summed E-state index contributed by atoms with van der Waals surface area (Å²) in [4.78, 5) is 17.3. The van der Waals surface area contributed by atoms with E-state index >= 15 is 0 Å². The molecule has 1 aliphatic rings. The highest BCUT2D eigenvalue weighted by Gasteiger charge is 2.44. The molecule has 0 radical (unpaired) electrons. The van der Waals surface area contributed by atoms with E-state index in [2.05, 4.69) is 26.2 Å². The van der Waals surface area contributed by atoms with Crippen LogP contribution in [0.15, 0.2) is 22.5 Å². The van der Waals surface area contributed by atoms with Gasteiger partial charge in [0, 0.05) is 6.20 Å². The average Bonchev–Trinajstić information content (AvgIpc) is 2.13. The predicted octanol–water partition coefficient (Wildman–Crippen LogP) is 1.19. The summed E-state index contributed by atoms with van der Waals surface area (Å²) < 4.78 is 8.99. The predicted molar refractivity (Wildman–Crippen MR) is 37.7 cm³/mol. The Morgan fingerprint density at radius 3 is 2.40 bits per heavy atom. The fourth-order valence-electron chi connectivity index (χ4n) is 0.431. The SMILES string of the molecule is O=P(O)(O)C1(Br)C=CN=N1. The van der Waals surface area contributed by atoms with Crippen molar-refractivity contribution in [2.75, 3.05) is 0 Å². The second kappa shape index (κ2) is 2.23. The Morgan fingerprint density at radius 1 is 1.60 bits per heavy atom. The zero-order valence-corrected chi connectivity index (χ0v) is 7.16. The highest BCUT2D eigenvalue weighted by Crippen LogP contribution is 2.57. The number of alkyl halides is 1. The average molecular weight is 227 g/mol. The maximum absolute atomic E-state index is 10.6. The lowest BCUT2D eigenvalue weighted by molar-refractivity contribution is 0.362. The molecule has 0 aliphatic carbocycles. The minimum Gasteiger partial charge on any atom is -0.322 e. The van der Waals surface area contributed by atoms with Gasteiger partial charge in [-0.15, -0.1) is 0 Å². The van der Waals surface area contributed by atoms with Crippen molar-refractivity contribution < 1.29 is 14.4 Å². The molecule has 1 atom stereocenters. The molecule has 0 fully saturated rings. The van der Waals surface area contributed by atoms with E-state index in [1.807, 2.05) is 0 Å². The van der Waals surface area contributed by atoms with Crippen LogP contribution in [-0.2, 0) is 4.57 Å². The van der Waals surface area contributed by atoms with Gasteiger partial charge in [-0.3, -0.25) is 4.57 Å². The molecule has 0 saturated heterocycles. The normalized spacial score (nSPS) is 31.5. The van der Waals surface area contributed by atoms with Crippen LogP contribution < -0.4 is 0 Å². The highest BCUT2D eigenvalue weighted by molar-refractivity contribution is 9.11. The molecule has 1 rings (SSSR count). The molecule has 0 amide bonds. The van der Waals surface area contributed by atoms with Crippen molar-refractivity contribution in [1.82, 2.24) is 0 Å². The number of halogens is 1. The van der Waals surface area contributed by atoms with E-state index in [9.17, 15) is 4.57 Å². The molecular weight excluding hydrogens is 223 g/mol. The fraction of sp³-hybridized carbons (Fsp3) is 0.333. The van der Waals surface area contributed by atoms with Gasteiger partial charge in [0.15, 0.2) is 0 Å². The first-order chi connectivity index (χ1) is 4.46. The molecule has 10 heavy (non-hydrogen) atoms. The van der Waals surface area contributed by atoms with Gasteiger partial charge in [0.1, 0.15) is 0 Å².